The van der Waals surface area contributed by atoms with Gasteiger partial charge in [0.2, 0.25) is 0 Å². The molecule has 2 bridgehead atoms. The average molecular weight is 231 g/mol. The molecule has 0 spiro atoms. The molecule has 2 saturated heterocycles. The number of nitrogens with two attached hydrogens (primary N) is 1. The van der Waals surface area contributed by atoms with Crippen molar-refractivity contribution in [3.05, 3.63) is 30.3 Å². The third kappa shape index (κ3) is 2.05. The number of rotatable bonds is 1. The highest BCUT2D eigenvalue weighted by Crippen LogP contribution is 2.30. The van der Waals surface area contributed by atoms with Crippen LogP contribution in [0.1, 0.15) is 0 Å². The van der Waals surface area contributed by atoms with Crippen LogP contribution in [0.2, 0.25) is 0 Å². The van der Waals surface area contributed by atoms with Crippen molar-refractivity contribution in [3.63, 3.8) is 0 Å². The molecule has 2 fully saturated rings. The molecule has 2 heterocycles. The van der Waals surface area contributed by atoms with E-state index in [0.29, 0.717) is 17.9 Å². The summed E-state index contributed by atoms with van der Waals surface area (Å²) >= 11 is 0. The lowest BCUT2D eigenvalue weighted by atomic mass is 9.80. The fourth-order valence-electron chi connectivity index (χ4n) is 3.35. The summed E-state index contributed by atoms with van der Waals surface area (Å²) in [5.41, 5.74) is 7.68. The first-order valence-corrected chi connectivity index (χ1v) is 6.48. The van der Waals surface area contributed by atoms with Crippen molar-refractivity contribution < 1.29 is 0 Å². The molecule has 2 aliphatic rings. The van der Waals surface area contributed by atoms with Crippen molar-refractivity contribution in [3.8, 4) is 0 Å². The predicted octanol–water partition coefficient (Wildman–Crippen LogP) is 1.01. The highest BCUT2D eigenvalue weighted by Gasteiger charge is 2.39. The van der Waals surface area contributed by atoms with Crippen LogP contribution in [0.15, 0.2) is 30.3 Å². The zero-order valence-corrected chi connectivity index (χ0v) is 10.4. The van der Waals surface area contributed by atoms with Gasteiger partial charge in [0.1, 0.15) is 0 Å². The van der Waals surface area contributed by atoms with Gasteiger partial charge in [-0.2, -0.15) is 0 Å². The Hall–Kier alpha value is -1.06. The predicted molar refractivity (Wildman–Crippen MR) is 71.1 cm³/mol. The molecular formula is C14H21N3. The molecule has 2 aliphatic heterocycles. The van der Waals surface area contributed by atoms with Crippen molar-refractivity contribution in [2.24, 2.45) is 17.6 Å². The second-order valence-corrected chi connectivity index (χ2v) is 5.56. The molecule has 0 amide bonds. The van der Waals surface area contributed by atoms with Crippen molar-refractivity contribution in [2.75, 3.05) is 38.1 Å². The lowest BCUT2D eigenvalue weighted by Crippen LogP contribution is -2.62. The number of likely N-dealkylation sites (tertiary alicyclic amines) is 1. The van der Waals surface area contributed by atoms with Crippen LogP contribution in [0.3, 0.4) is 0 Å². The summed E-state index contributed by atoms with van der Waals surface area (Å²) in [6, 6.07) is 11.1. The Kier molecular flexibility index (Phi) is 2.81. The number of para-hydroxylation sites is 1. The highest BCUT2D eigenvalue weighted by atomic mass is 15.2. The second-order valence-electron chi connectivity index (χ2n) is 5.56. The van der Waals surface area contributed by atoms with E-state index in [4.69, 9.17) is 5.73 Å². The van der Waals surface area contributed by atoms with E-state index < -0.39 is 0 Å². The summed E-state index contributed by atoms with van der Waals surface area (Å²) in [5, 5.41) is 0. The van der Waals surface area contributed by atoms with Crippen molar-refractivity contribution >= 4 is 5.69 Å². The molecular weight excluding hydrogens is 210 g/mol. The number of hydrogen-bond acceptors (Lipinski definition) is 3. The first-order chi connectivity index (χ1) is 8.24. The Labute approximate surface area is 103 Å². The van der Waals surface area contributed by atoms with Crippen LogP contribution >= 0.6 is 0 Å². The number of piperidine rings is 2. The third-order valence-corrected chi connectivity index (χ3v) is 4.21. The van der Waals surface area contributed by atoms with Gasteiger partial charge in [-0.25, -0.2) is 0 Å². The summed E-state index contributed by atoms with van der Waals surface area (Å²) in [5.74, 6) is 1.24. The fraction of sp³-hybridized carbons (Fsp3) is 0.571. The van der Waals surface area contributed by atoms with E-state index in [9.17, 15) is 0 Å². The van der Waals surface area contributed by atoms with Gasteiger partial charge in [0, 0.05) is 49.7 Å². The van der Waals surface area contributed by atoms with Crippen LogP contribution in [0.4, 0.5) is 5.69 Å². The normalized spacial score (nSPS) is 33.8. The molecule has 2 N–H and O–H groups in total. The summed E-state index contributed by atoms with van der Waals surface area (Å²) < 4.78 is 0. The van der Waals surface area contributed by atoms with Crippen LogP contribution < -0.4 is 10.6 Å². The lowest BCUT2D eigenvalue weighted by molar-refractivity contribution is 0.107. The Morgan fingerprint density at radius 2 is 1.59 bits per heavy atom. The fourth-order valence-corrected chi connectivity index (χ4v) is 3.35. The SMILES string of the molecule is CN1CC2CN(c3ccccc3)CC(C1)C2N. The Morgan fingerprint density at radius 1 is 1.00 bits per heavy atom. The summed E-state index contributed by atoms with van der Waals surface area (Å²) in [6.45, 7) is 4.49. The molecule has 17 heavy (non-hydrogen) atoms. The second kappa shape index (κ2) is 4.31. The number of benzene rings is 1. The van der Waals surface area contributed by atoms with Gasteiger partial charge >= 0.3 is 0 Å². The Balaban J connectivity index is 1.79. The van der Waals surface area contributed by atoms with Gasteiger partial charge in [-0.1, -0.05) is 18.2 Å². The van der Waals surface area contributed by atoms with E-state index in [1.807, 2.05) is 0 Å². The van der Waals surface area contributed by atoms with E-state index in [0.717, 1.165) is 26.2 Å². The molecule has 2 atom stereocenters. The minimum absolute atomic E-state index is 0.395. The van der Waals surface area contributed by atoms with E-state index in [1.54, 1.807) is 0 Å². The van der Waals surface area contributed by atoms with E-state index in [2.05, 4.69) is 47.2 Å². The minimum Gasteiger partial charge on any atom is -0.371 e. The van der Waals surface area contributed by atoms with E-state index in [-0.39, 0.29) is 0 Å². The lowest BCUT2D eigenvalue weighted by Gasteiger charge is -2.49. The molecule has 0 aliphatic carbocycles. The molecule has 1 aromatic carbocycles. The number of hydrogen-bond donors (Lipinski definition) is 1. The van der Waals surface area contributed by atoms with Crippen LogP contribution in [0.25, 0.3) is 0 Å². The maximum Gasteiger partial charge on any atom is 0.0366 e. The van der Waals surface area contributed by atoms with Gasteiger partial charge in [-0.15, -0.1) is 0 Å². The largest absolute Gasteiger partial charge is 0.371 e. The molecule has 2 unspecified atom stereocenters. The molecule has 3 nitrogen and oxygen atoms in total. The van der Waals surface area contributed by atoms with Gasteiger partial charge in [0.25, 0.3) is 0 Å². The molecule has 1 aromatic rings. The summed E-state index contributed by atoms with van der Waals surface area (Å²) in [7, 11) is 2.21. The van der Waals surface area contributed by atoms with E-state index >= 15 is 0 Å². The zero-order chi connectivity index (χ0) is 11.8. The standard InChI is InChI=1S/C14H21N3/c1-16-7-11-9-17(10-12(8-16)14(11)15)13-5-3-2-4-6-13/h2-6,11-12,14H,7-10,15H2,1H3. The van der Waals surface area contributed by atoms with Crippen LogP contribution in [0, 0.1) is 11.8 Å². The Morgan fingerprint density at radius 3 is 2.18 bits per heavy atom. The average Bonchev–Trinajstić information content (AvgIpc) is 2.32. The highest BCUT2D eigenvalue weighted by molar-refractivity contribution is 5.47. The summed E-state index contributed by atoms with van der Waals surface area (Å²) in [4.78, 5) is 4.94. The zero-order valence-electron chi connectivity index (χ0n) is 10.4. The van der Waals surface area contributed by atoms with Gasteiger partial charge in [-0.05, 0) is 19.2 Å². The monoisotopic (exact) mass is 231 g/mol. The quantitative estimate of drug-likeness (QED) is 0.783. The van der Waals surface area contributed by atoms with Crippen LogP contribution in [-0.4, -0.2) is 44.2 Å². The number of nitrogens with zero attached hydrogens (tertiary/aromatic N) is 2. The first kappa shape index (κ1) is 11.1. The van der Waals surface area contributed by atoms with Gasteiger partial charge in [0.05, 0.1) is 0 Å². The third-order valence-electron chi connectivity index (χ3n) is 4.21. The minimum atomic E-state index is 0.395. The van der Waals surface area contributed by atoms with Gasteiger partial charge in [-0.3, -0.25) is 0 Å². The maximum absolute atomic E-state index is 6.33. The van der Waals surface area contributed by atoms with Gasteiger partial charge < -0.3 is 15.5 Å². The Bertz CT molecular complexity index is 362. The molecule has 3 heteroatoms. The number of anilines is 1. The van der Waals surface area contributed by atoms with Gasteiger partial charge in [0.15, 0.2) is 0 Å². The van der Waals surface area contributed by atoms with Crippen molar-refractivity contribution in [1.82, 2.24) is 4.90 Å². The van der Waals surface area contributed by atoms with Crippen molar-refractivity contribution in [2.45, 2.75) is 6.04 Å². The molecule has 92 valence electrons. The van der Waals surface area contributed by atoms with Crippen molar-refractivity contribution in [1.29, 1.82) is 0 Å². The maximum atomic E-state index is 6.33. The van der Waals surface area contributed by atoms with Crippen LogP contribution in [-0.2, 0) is 0 Å². The van der Waals surface area contributed by atoms with E-state index in [1.165, 1.54) is 5.69 Å². The van der Waals surface area contributed by atoms with Crippen LogP contribution in [0.5, 0.6) is 0 Å². The molecule has 0 saturated carbocycles. The summed E-state index contributed by atoms with van der Waals surface area (Å²) in [6.07, 6.45) is 0. The topological polar surface area (TPSA) is 32.5 Å². The number of fused-ring (bicyclic) bond motifs is 2. The first-order valence-electron chi connectivity index (χ1n) is 6.48. The molecule has 0 radical (unpaired) electrons. The molecule has 0 aromatic heterocycles. The smallest absolute Gasteiger partial charge is 0.0366 e. The molecule has 3 rings (SSSR count).